The van der Waals surface area contributed by atoms with Crippen molar-refractivity contribution < 1.29 is 0 Å². The van der Waals surface area contributed by atoms with Crippen LogP contribution in [-0.2, 0) is 6.42 Å². The molecular formula is C36H49N3. The monoisotopic (exact) mass is 523 g/mol. The minimum atomic E-state index is 0.191. The Balaban J connectivity index is 2.49. The van der Waals surface area contributed by atoms with E-state index in [0.29, 0.717) is 17.4 Å². The van der Waals surface area contributed by atoms with Crippen LogP contribution in [0.3, 0.4) is 0 Å². The maximum Gasteiger partial charge on any atom is 0.0991 e. The van der Waals surface area contributed by atoms with Crippen molar-refractivity contribution in [2.24, 2.45) is 22.2 Å². The van der Waals surface area contributed by atoms with E-state index in [1.165, 1.54) is 28.7 Å². The molecule has 0 aromatic heterocycles. The quantitative estimate of drug-likeness (QED) is 0.125. The van der Waals surface area contributed by atoms with Crippen LogP contribution in [0.2, 0.25) is 0 Å². The Kier molecular flexibility index (Phi) is 11.7. The Labute approximate surface area is 238 Å². The number of likely N-dealkylation sites (tertiary alicyclic amines) is 1. The molecule has 0 N–H and O–H groups in total. The highest BCUT2D eigenvalue weighted by molar-refractivity contribution is 6.10. The van der Waals surface area contributed by atoms with Crippen molar-refractivity contribution in [3.05, 3.63) is 95.1 Å². The molecule has 2 atom stereocenters. The van der Waals surface area contributed by atoms with Crippen molar-refractivity contribution in [1.82, 2.24) is 4.90 Å². The SMILES string of the molecule is C=CC1CCN(C/N=C\C(=C/C)c2cc(CC(C)C(C)(C)C)c(/C(C)=C/C(=C)/C(=C\C)C(=C)C#N)cc2C)C1. The van der Waals surface area contributed by atoms with Crippen LogP contribution >= 0.6 is 0 Å². The first-order valence-corrected chi connectivity index (χ1v) is 14.1. The van der Waals surface area contributed by atoms with E-state index < -0.39 is 0 Å². The smallest absolute Gasteiger partial charge is 0.0991 e. The van der Waals surface area contributed by atoms with E-state index in [-0.39, 0.29) is 5.41 Å². The zero-order valence-corrected chi connectivity index (χ0v) is 25.7. The normalized spacial score (nSPS) is 18.3. The topological polar surface area (TPSA) is 39.4 Å². The number of aliphatic imine (C=N–C) groups is 1. The predicted octanol–water partition coefficient (Wildman–Crippen LogP) is 9.14. The van der Waals surface area contributed by atoms with Crippen LogP contribution in [0.1, 0.15) is 77.1 Å². The highest BCUT2D eigenvalue weighted by Crippen LogP contribution is 2.34. The van der Waals surface area contributed by atoms with Crippen molar-refractivity contribution in [3.63, 3.8) is 0 Å². The van der Waals surface area contributed by atoms with Gasteiger partial charge in [-0.15, -0.1) is 6.58 Å². The van der Waals surface area contributed by atoms with E-state index in [0.717, 1.165) is 48.5 Å². The molecule has 0 radical (unpaired) electrons. The summed E-state index contributed by atoms with van der Waals surface area (Å²) in [5, 5.41) is 9.37. The number of hydrogen-bond acceptors (Lipinski definition) is 3. The Morgan fingerprint density at radius 1 is 1.21 bits per heavy atom. The summed E-state index contributed by atoms with van der Waals surface area (Å²) in [6, 6.07) is 6.83. The second kappa shape index (κ2) is 14.2. The zero-order chi connectivity index (χ0) is 29.3. The van der Waals surface area contributed by atoms with Gasteiger partial charge in [-0.3, -0.25) is 9.89 Å². The Morgan fingerprint density at radius 3 is 2.44 bits per heavy atom. The molecular weight excluding hydrogens is 474 g/mol. The number of nitriles is 1. The first-order valence-electron chi connectivity index (χ1n) is 14.1. The maximum absolute atomic E-state index is 9.37. The summed E-state index contributed by atoms with van der Waals surface area (Å²) < 4.78 is 0. The van der Waals surface area contributed by atoms with Crippen molar-refractivity contribution in [2.45, 2.75) is 68.2 Å². The summed E-state index contributed by atoms with van der Waals surface area (Å²) in [7, 11) is 0. The van der Waals surface area contributed by atoms with E-state index in [1.807, 2.05) is 19.2 Å². The average molecular weight is 524 g/mol. The molecule has 1 aromatic carbocycles. The number of rotatable bonds is 11. The number of hydrogen-bond donors (Lipinski definition) is 0. The van der Waals surface area contributed by atoms with E-state index in [9.17, 15) is 5.26 Å². The van der Waals surface area contributed by atoms with Crippen molar-refractivity contribution in [3.8, 4) is 6.07 Å². The largest absolute Gasteiger partial charge is 0.284 e. The van der Waals surface area contributed by atoms with Crippen LogP contribution in [0.15, 0.2) is 77.9 Å². The second-order valence-corrected chi connectivity index (χ2v) is 12.0. The van der Waals surface area contributed by atoms with Crippen LogP contribution < -0.4 is 0 Å². The minimum Gasteiger partial charge on any atom is -0.284 e. The van der Waals surface area contributed by atoms with Crippen LogP contribution in [0.4, 0.5) is 0 Å². The van der Waals surface area contributed by atoms with Gasteiger partial charge in [-0.05, 0) is 102 Å². The fourth-order valence-corrected chi connectivity index (χ4v) is 5.00. The molecule has 3 nitrogen and oxygen atoms in total. The second-order valence-electron chi connectivity index (χ2n) is 12.0. The molecule has 0 bridgehead atoms. The van der Waals surface area contributed by atoms with E-state index in [2.05, 4.69) is 110 Å². The van der Waals surface area contributed by atoms with E-state index in [4.69, 9.17) is 4.99 Å². The Bertz CT molecular complexity index is 1240. The third-order valence-electron chi connectivity index (χ3n) is 8.14. The lowest BCUT2D eigenvalue weighted by molar-refractivity contribution is 0.260. The van der Waals surface area contributed by atoms with Gasteiger partial charge in [-0.1, -0.05) is 77.3 Å². The third-order valence-corrected chi connectivity index (χ3v) is 8.14. The Morgan fingerprint density at radius 2 is 1.90 bits per heavy atom. The summed E-state index contributed by atoms with van der Waals surface area (Å²) in [6.07, 6.45) is 12.4. The summed E-state index contributed by atoms with van der Waals surface area (Å²) in [5.41, 5.74) is 9.50. The minimum absolute atomic E-state index is 0.191. The molecule has 0 saturated carbocycles. The zero-order valence-electron chi connectivity index (χ0n) is 25.7. The highest BCUT2D eigenvalue weighted by Gasteiger charge is 2.23. The molecule has 1 saturated heterocycles. The fraction of sp³-hybridized carbons (Fsp3) is 0.444. The summed E-state index contributed by atoms with van der Waals surface area (Å²) >= 11 is 0. The number of aryl methyl sites for hydroxylation is 1. The lowest BCUT2D eigenvalue weighted by Gasteiger charge is -2.29. The van der Waals surface area contributed by atoms with E-state index >= 15 is 0 Å². The van der Waals surface area contributed by atoms with Crippen LogP contribution in [0.5, 0.6) is 0 Å². The van der Waals surface area contributed by atoms with Crippen molar-refractivity contribution >= 4 is 17.4 Å². The molecule has 1 aromatic rings. The summed E-state index contributed by atoms with van der Waals surface area (Å²) in [6.45, 7) is 32.5. The molecule has 1 aliphatic heterocycles. The molecule has 0 spiro atoms. The van der Waals surface area contributed by atoms with Gasteiger partial charge in [0.1, 0.15) is 0 Å². The predicted molar refractivity (Wildman–Crippen MR) is 172 cm³/mol. The molecule has 0 amide bonds. The lowest BCUT2D eigenvalue weighted by Crippen LogP contribution is -2.20. The molecule has 1 fully saturated rings. The van der Waals surface area contributed by atoms with Gasteiger partial charge in [-0.25, -0.2) is 0 Å². The lowest BCUT2D eigenvalue weighted by atomic mass is 9.76. The first kappa shape index (κ1) is 32.0. The molecule has 0 aliphatic carbocycles. The van der Waals surface area contributed by atoms with Gasteiger partial charge in [0.05, 0.1) is 18.3 Å². The van der Waals surface area contributed by atoms with Gasteiger partial charge in [0.15, 0.2) is 0 Å². The standard InChI is InChI=1S/C36H49N3/c1-12-30-15-16-39(23-30)24-38-22-31(13-2)35-20-32(19-29(8)36(9,10)11)34(18-27(35)6)26(5)17-25(4)33(14-3)28(7)21-37/h12-14,17-18,20,22,29-30H,1,4,7,15-16,19,23-24H2,2-3,5-6,8-11H3/b26-17+,31-13+,33-14+,38-22-. The van der Waals surface area contributed by atoms with Gasteiger partial charge in [0.25, 0.3) is 0 Å². The number of allylic oxidation sites excluding steroid dienone is 8. The molecule has 1 aliphatic rings. The number of nitrogens with zero attached hydrogens (tertiary/aromatic N) is 3. The van der Waals surface area contributed by atoms with Gasteiger partial charge >= 0.3 is 0 Å². The van der Waals surface area contributed by atoms with Gasteiger partial charge < -0.3 is 0 Å². The molecule has 1 heterocycles. The van der Waals surface area contributed by atoms with Crippen LogP contribution in [0, 0.1) is 35.5 Å². The van der Waals surface area contributed by atoms with Crippen molar-refractivity contribution in [2.75, 3.05) is 19.8 Å². The molecule has 3 heteroatoms. The highest BCUT2D eigenvalue weighted by atomic mass is 15.2. The third kappa shape index (κ3) is 8.64. The maximum atomic E-state index is 9.37. The van der Waals surface area contributed by atoms with E-state index in [1.54, 1.807) is 0 Å². The van der Waals surface area contributed by atoms with Gasteiger partial charge in [0.2, 0.25) is 0 Å². The molecule has 2 rings (SSSR count). The fourth-order valence-electron chi connectivity index (χ4n) is 5.00. The first-order chi connectivity index (χ1) is 18.4. The van der Waals surface area contributed by atoms with Crippen molar-refractivity contribution in [1.29, 1.82) is 5.26 Å². The van der Waals surface area contributed by atoms with Crippen LogP contribution in [-0.4, -0.2) is 30.9 Å². The average Bonchev–Trinajstić information content (AvgIpc) is 3.35. The summed E-state index contributed by atoms with van der Waals surface area (Å²) in [4.78, 5) is 7.22. The molecule has 2 unspecified atom stereocenters. The van der Waals surface area contributed by atoms with Gasteiger partial charge in [-0.2, -0.15) is 5.26 Å². The molecule has 208 valence electrons. The molecule has 39 heavy (non-hydrogen) atoms. The van der Waals surface area contributed by atoms with Crippen LogP contribution in [0.25, 0.3) is 11.1 Å². The Hall–Kier alpha value is -3.22. The van der Waals surface area contributed by atoms with Gasteiger partial charge in [0, 0.05) is 19.3 Å². The summed E-state index contributed by atoms with van der Waals surface area (Å²) in [5.74, 6) is 1.07. The number of benzene rings is 1.